The van der Waals surface area contributed by atoms with Crippen molar-refractivity contribution in [2.45, 2.75) is 13.0 Å². The number of nitrogens with one attached hydrogen (secondary N) is 1. The highest BCUT2D eigenvalue weighted by Gasteiger charge is 2.41. The highest BCUT2D eigenvalue weighted by atomic mass is 16.5. The molecule has 0 bridgehead atoms. The third-order valence-electron chi connectivity index (χ3n) is 6.05. The van der Waals surface area contributed by atoms with Crippen molar-refractivity contribution >= 4 is 23.2 Å². The molecule has 1 saturated heterocycles. The average molecular weight is 454 g/mol. The van der Waals surface area contributed by atoms with Crippen LogP contribution in [0, 0.1) is 6.92 Å². The maximum atomic E-state index is 13.4. The van der Waals surface area contributed by atoms with Gasteiger partial charge in [0.15, 0.2) is 0 Å². The molecule has 1 unspecified atom stereocenters. The molecule has 1 fully saturated rings. The van der Waals surface area contributed by atoms with Crippen molar-refractivity contribution in [2.24, 2.45) is 0 Å². The summed E-state index contributed by atoms with van der Waals surface area (Å²) in [4.78, 5) is 30.4. The van der Waals surface area contributed by atoms with Crippen LogP contribution in [0.15, 0.2) is 42.5 Å². The van der Waals surface area contributed by atoms with E-state index in [0.717, 1.165) is 43.1 Å². The van der Waals surface area contributed by atoms with E-state index in [1.54, 1.807) is 12.0 Å². The molecule has 1 atom stereocenters. The van der Waals surface area contributed by atoms with Gasteiger partial charge in [0.05, 0.1) is 33.0 Å². The summed E-state index contributed by atoms with van der Waals surface area (Å²) in [6.45, 7) is 6.63. The number of amides is 2. The molecule has 8 heteroatoms. The van der Waals surface area contributed by atoms with Gasteiger partial charge >= 0.3 is 0 Å². The van der Waals surface area contributed by atoms with E-state index in [9.17, 15) is 9.59 Å². The summed E-state index contributed by atoms with van der Waals surface area (Å²) in [6, 6.07) is 12.7. The van der Waals surface area contributed by atoms with E-state index in [1.165, 1.54) is 0 Å². The summed E-state index contributed by atoms with van der Waals surface area (Å²) in [5.74, 6) is -0.370. The predicted octanol–water partition coefficient (Wildman–Crippen LogP) is 2.63. The number of benzene rings is 2. The number of methoxy groups -OCH3 is 1. The number of nitrogens with zero attached hydrogens (tertiary/aromatic N) is 2. The number of hydrogen-bond acceptors (Lipinski definition) is 6. The first-order chi connectivity index (χ1) is 16.1. The zero-order chi connectivity index (χ0) is 23.2. The molecule has 4 rings (SSSR count). The molecule has 2 aromatic carbocycles. The molecule has 33 heavy (non-hydrogen) atoms. The fraction of sp³-hybridized carbons (Fsp3) is 0.440. The average Bonchev–Trinajstić information content (AvgIpc) is 3.12. The lowest BCUT2D eigenvalue weighted by Crippen LogP contribution is -2.38. The Bertz CT molecular complexity index is 973. The van der Waals surface area contributed by atoms with E-state index < -0.39 is 6.04 Å². The third-order valence-corrected chi connectivity index (χ3v) is 6.05. The standard InChI is InChI=1S/C25H31N3O5/c1-18-4-3-5-21-22(18)25(30)28(12-15-33-17-16-31-2)23(21)24(29)26-19-6-8-20(9-7-19)27-10-13-32-14-11-27/h3-9,23H,10-17H2,1-2H3,(H,26,29). The number of aryl methyl sites for hydroxylation is 1. The summed E-state index contributed by atoms with van der Waals surface area (Å²) < 4.78 is 16.0. The van der Waals surface area contributed by atoms with Crippen LogP contribution in [-0.4, -0.2) is 76.5 Å². The normalized spacial score (nSPS) is 17.9. The Morgan fingerprint density at radius 2 is 1.85 bits per heavy atom. The SMILES string of the molecule is COCCOCCN1C(=O)c2c(C)cccc2C1C(=O)Nc1ccc(N2CCOCC2)cc1. The lowest BCUT2D eigenvalue weighted by molar-refractivity contribution is -0.120. The summed E-state index contributed by atoms with van der Waals surface area (Å²) >= 11 is 0. The van der Waals surface area contributed by atoms with Crippen molar-refractivity contribution in [3.8, 4) is 0 Å². The van der Waals surface area contributed by atoms with Crippen LogP contribution < -0.4 is 10.2 Å². The van der Waals surface area contributed by atoms with Crippen molar-refractivity contribution in [2.75, 3.05) is 70.0 Å². The van der Waals surface area contributed by atoms with Gasteiger partial charge in [-0.2, -0.15) is 0 Å². The van der Waals surface area contributed by atoms with E-state index in [2.05, 4.69) is 10.2 Å². The zero-order valence-electron chi connectivity index (χ0n) is 19.2. The van der Waals surface area contributed by atoms with Gasteiger partial charge in [0.25, 0.3) is 11.8 Å². The minimum atomic E-state index is -0.697. The molecule has 176 valence electrons. The highest BCUT2D eigenvalue weighted by Crippen LogP contribution is 2.36. The van der Waals surface area contributed by atoms with Crippen LogP contribution in [0.25, 0.3) is 0 Å². The van der Waals surface area contributed by atoms with Gasteiger partial charge in [-0.1, -0.05) is 18.2 Å². The number of anilines is 2. The third kappa shape index (κ3) is 5.19. The molecular formula is C25H31N3O5. The van der Waals surface area contributed by atoms with E-state index in [0.29, 0.717) is 37.6 Å². The summed E-state index contributed by atoms with van der Waals surface area (Å²) in [5.41, 5.74) is 4.01. The Morgan fingerprint density at radius 1 is 1.09 bits per heavy atom. The van der Waals surface area contributed by atoms with Crippen LogP contribution in [0.3, 0.4) is 0 Å². The fourth-order valence-corrected chi connectivity index (χ4v) is 4.35. The largest absolute Gasteiger partial charge is 0.382 e. The van der Waals surface area contributed by atoms with Gasteiger partial charge in [0, 0.05) is 43.7 Å². The van der Waals surface area contributed by atoms with Crippen LogP contribution in [0.1, 0.15) is 27.5 Å². The Hall–Kier alpha value is -2.94. The van der Waals surface area contributed by atoms with E-state index >= 15 is 0 Å². The van der Waals surface area contributed by atoms with Crippen molar-refractivity contribution in [3.05, 3.63) is 59.2 Å². The van der Waals surface area contributed by atoms with Gasteiger partial charge in [-0.25, -0.2) is 0 Å². The molecule has 0 aromatic heterocycles. The van der Waals surface area contributed by atoms with Gasteiger partial charge in [-0.15, -0.1) is 0 Å². The molecule has 1 N–H and O–H groups in total. The van der Waals surface area contributed by atoms with Gasteiger partial charge in [-0.3, -0.25) is 9.59 Å². The minimum Gasteiger partial charge on any atom is -0.382 e. The summed E-state index contributed by atoms with van der Waals surface area (Å²) in [5, 5.41) is 3.00. The second-order valence-electron chi connectivity index (χ2n) is 8.18. The number of ether oxygens (including phenoxy) is 3. The number of rotatable bonds is 9. The van der Waals surface area contributed by atoms with E-state index in [1.807, 2.05) is 49.4 Å². The van der Waals surface area contributed by atoms with Crippen molar-refractivity contribution in [1.82, 2.24) is 4.90 Å². The van der Waals surface area contributed by atoms with Crippen LogP contribution in [0.2, 0.25) is 0 Å². The quantitative estimate of drug-likeness (QED) is 0.588. The Kier molecular flexibility index (Phi) is 7.59. The van der Waals surface area contributed by atoms with Crippen LogP contribution in [0.4, 0.5) is 11.4 Å². The molecule has 0 aliphatic carbocycles. The first-order valence-electron chi connectivity index (χ1n) is 11.3. The number of hydrogen-bond donors (Lipinski definition) is 1. The zero-order valence-corrected chi connectivity index (χ0v) is 19.2. The Morgan fingerprint density at radius 3 is 2.58 bits per heavy atom. The fourth-order valence-electron chi connectivity index (χ4n) is 4.35. The Balaban J connectivity index is 1.48. The molecule has 2 aliphatic rings. The molecule has 2 amide bonds. The van der Waals surface area contributed by atoms with Gasteiger partial charge in [-0.05, 0) is 42.3 Å². The highest BCUT2D eigenvalue weighted by molar-refractivity contribution is 6.08. The number of fused-ring (bicyclic) bond motifs is 1. The van der Waals surface area contributed by atoms with Crippen LogP contribution >= 0.6 is 0 Å². The first-order valence-corrected chi connectivity index (χ1v) is 11.3. The maximum Gasteiger partial charge on any atom is 0.255 e. The smallest absolute Gasteiger partial charge is 0.255 e. The molecule has 2 heterocycles. The first kappa shape index (κ1) is 23.2. The number of carbonyl (C=O) groups is 2. The van der Waals surface area contributed by atoms with Crippen molar-refractivity contribution in [1.29, 1.82) is 0 Å². The van der Waals surface area contributed by atoms with Gasteiger partial charge < -0.3 is 29.3 Å². The molecule has 0 radical (unpaired) electrons. The van der Waals surface area contributed by atoms with E-state index in [4.69, 9.17) is 14.2 Å². The predicted molar refractivity (Wildman–Crippen MR) is 126 cm³/mol. The molecule has 8 nitrogen and oxygen atoms in total. The second kappa shape index (κ2) is 10.8. The second-order valence-corrected chi connectivity index (χ2v) is 8.18. The van der Waals surface area contributed by atoms with Crippen molar-refractivity contribution < 1.29 is 23.8 Å². The summed E-state index contributed by atoms with van der Waals surface area (Å²) in [6.07, 6.45) is 0. The van der Waals surface area contributed by atoms with Gasteiger partial charge in [0.1, 0.15) is 6.04 Å². The van der Waals surface area contributed by atoms with Crippen LogP contribution in [-0.2, 0) is 19.0 Å². The lowest BCUT2D eigenvalue weighted by atomic mass is 10.00. The molecule has 0 saturated carbocycles. The molecule has 2 aromatic rings. The number of morpholine rings is 1. The van der Waals surface area contributed by atoms with E-state index in [-0.39, 0.29) is 11.8 Å². The number of carbonyl (C=O) groups excluding carboxylic acids is 2. The topological polar surface area (TPSA) is 80.3 Å². The molecule has 2 aliphatic heterocycles. The summed E-state index contributed by atoms with van der Waals surface area (Å²) in [7, 11) is 1.61. The minimum absolute atomic E-state index is 0.138. The Labute approximate surface area is 194 Å². The molecular weight excluding hydrogens is 422 g/mol. The monoisotopic (exact) mass is 453 g/mol. The molecule has 0 spiro atoms. The maximum absolute atomic E-state index is 13.4. The van der Waals surface area contributed by atoms with Gasteiger partial charge in [0.2, 0.25) is 0 Å². The lowest BCUT2D eigenvalue weighted by Gasteiger charge is -2.29. The van der Waals surface area contributed by atoms with Crippen LogP contribution in [0.5, 0.6) is 0 Å². The van der Waals surface area contributed by atoms with Crippen molar-refractivity contribution in [3.63, 3.8) is 0 Å².